The molecule has 6 nitrogen and oxygen atoms in total. The van der Waals surface area contributed by atoms with Crippen LogP contribution < -0.4 is 16.6 Å². The van der Waals surface area contributed by atoms with Crippen molar-refractivity contribution in [1.29, 1.82) is 0 Å². The smallest absolute Gasteiger partial charge is 0.145 e. The summed E-state index contributed by atoms with van der Waals surface area (Å²) < 4.78 is 0. The van der Waals surface area contributed by atoms with Gasteiger partial charge < -0.3 is 15.8 Å². The molecule has 96 valence electrons. The minimum atomic E-state index is 0.0317. The zero-order valence-corrected chi connectivity index (χ0v) is 10.6. The number of nitrogen functional groups attached to an aromatic ring is 1. The van der Waals surface area contributed by atoms with E-state index in [0.29, 0.717) is 18.1 Å². The summed E-state index contributed by atoms with van der Waals surface area (Å²) in [5.74, 6) is 6.54. The molecule has 0 radical (unpaired) electrons. The van der Waals surface area contributed by atoms with E-state index < -0.39 is 0 Å². The average Bonchev–Trinajstić information content (AvgIpc) is 2.27. The Bertz CT molecular complexity index is 350. The van der Waals surface area contributed by atoms with Crippen LogP contribution in [0.4, 0.5) is 11.6 Å². The van der Waals surface area contributed by atoms with E-state index in [4.69, 9.17) is 10.9 Å². The third kappa shape index (κ3) is 4.16. The van der Waals surface area contributed by atoms with Crippen molar-refractivity contribution < 1.29 is 5.11 Å². The normalized spacial score (nSPS) is 13.2. The largest absolute Gasteiger partial charge is 0.396 e. The Hall–Kier alpha value is -1.40. The van der Waals surface area contributed by atoms with Crippen molar-refractivity contribution in [2.75, 3.05) is 17.3 Å². The van der Waals surface area contributed by atoms with Crippen LogP contribution in [0.5, 0.6) is 0 Å². The Kier molecular flexibility index (Phi) is 4.65. The SMILES string of the molecule is CC(C)(C)C(CCO)Nc1cc(NN)ncn1. The third-order valence-electron chi connectivity index (χ3n) is 2.60. The maximum absolute atomic E-state index is 9.07. The third-order valence-corrected chi connectivity index (χ3v) is 2.60. The average molecular weight is 239 g/mol. The lowest BCUT2D eigenvalue weighted by Gasteiger charge is -2.31. The van der Waals surface area contributed by atoms with Crippen LogP contribution in [0.2, 0.25) is 0 Å². The quantitative estimate of drug-likeness (QED) is 0.452. The molecule has 1 atom stereocenters. The Balaban J connectivity index is 2.78. The van der Waals surface area contributed by atoms with Crippen LogP contribution in [0.1, 0.15) is 27.2 Å². The number of hydrogen-bond acceptors (Lipinski definition) is 6. The monoisotopic (exact) mass is 239 g/mol. The molecule has 5 N–H and O–H groups in total. The standard InChI is InChI=1S/C11H21N5O/c1-11(2,3)8(4-5-17)15-9-6-10(16-12)14-7-13-9/h6-8,17H,4-5,12H2,1-3H3,(H2,13,14,15,16). The summed E-state index contributed by atoms with van der Waals surface area (Å²) in [6.07, 6.45) is 2.11. The van der Waals surface area contributed by atoms with Gasteiger partial charge in [-0.25, -0.2) is 15.8 Å². The highest BCUT2D eigenvalue weighted by atomic mass is 16.3. The van der Waals surface area contributed by atoms with Gasteiger partial charge in [0.25, 0.3) is 0 Å². The maximum Gasteiger partial charge on any atom is 0.145 e. The first-order valence-electron chi connectivity index (χ1n) is 5.63. The Morgan fingerprint density at radius 2 is 2.00 bits per heavy atom. The lowest BCUT2D eigenvalue weighted by atomic mass is 9.85. The van der Waals surface area contributed by atoms with Gasteiger partial charge in [0.05, 0.1) is 0 Å². The van der Waals surface area contributed by atoms with Crippen LogP contribution in [0, 0.1) is 5.41 Å². The fraction of sp³-hybridized carbons (Fsp3) is 0.636. The van der Waals surface area contributed by atoms with Crippen LogP contribution in [0.3, 0.4) is 0 Å². The number of nitrogens with one attached hydrogen (secondary N) is 2. The van der Waals surface area contributed by atoms with Crippen molar-refractivity contribution >= 4 is 11.6 Å². The van der Waals surface area contributed by atoms with E-state index in [9.17, 15) is 0 Å². The molecular formula is C11H21N5O. The fourth-order valence-corrected chi connectivity index (χ4v) is 1.54. The van der Waals surface area contributed by atoms with Gasteiger partial charge in [-0.2, -0.15) is 0 Å². The molecule has 1 aromatic rings. The molecule has 0 spiro atoms. The van der Waals surface area contributed by atoms with Gasteiger partial charge in [0.2, 0.25) is 0 Å². The lowest BCUT2D eigenvalue weighted by Crippen LogP contribution is -2.35. The highest BCUT2D eigenvalue weighted by Crippen LogP contribution is 2.25. The van der Waals surface area contributed by atoms with Crippen molar-refractivity contribution in [3.05, 3.63) is 12.4 Å². The predicted octanol–water partition coefficient (Wildman–Crippen LogP) is 0.971. The van der Waals surface area contributed by atoms with Crippen LogP contribution in [-0.2, 0) is 0 Å². The molecule has 6 heteroatoms. The number of nitrogens with two attached hydrogens (primary N) is 1. The second-order valence-electron chi connectivity index (χ2n) is 5.01. The van der Waals surface area contributed by atoms with E-state index in [1.807, 2.05) is 0 Å². The number of rotatable bonds is 5. The summed E-state index contributed by atoms with van der Waals surface area (Å²) in [6, 6.07) is 1.86. The number of aliphatic hydroxyl groups is 1. The van der Waals surface area contributed by atoms with E-state index in [2.05, 4.69) is 41.5 Å². The molecule has 0 aliphatic carbocycles. The molecule has 0 saturated heterocycles. The first kappa shape index (κ1) is 13.7. The van der Waals surface area contributed by atoms with Gasteiger partial charge in [-0.15, -0.1) is 0 Å². The molecule has 1 rings (SSSR count). The summed E-state index contributed by atoms with van der Waals surface area (Å²) in [7, 11) is 0. The highest BCUT2D eigenvalue weighted by Gasteiger charge is 2.24. The predicted molar refractivity (Wildman–Crippen MR) is 68.4 cm³/mol. The molecule has 1 unspecified atom stereocenters. The van der Waals surface area contributed by atoms with Gasteiger partial charge in [0, 0.05) is 18.7 Å². The molecule has 17 heavy (non-hydrogen) atoms. The van der Waals surface area contributed by atoms with Crippen molar-refractivity contribution in [2.45, 2.75) is 33.2 Å². The van der Waals surface area contributed by atoms with Crippen LogP contribution in [0.15, 0.2) is 12.4 Å². The van der Waals surface area contributed by atoms with Crippen molar-refractivity contribution in [1.82, 2.24) is 9.97 Å². The summed E-state index contributed by atoms with van der Waals surface area (Å²) in [5, 5.41) is 12.4. The zero-order valence-electron chi connectivity index (χ0n) is 10.6. The summed E-state index contributed by atoms with van der Waals surface area (Å²) in [6.45, 7) is 6.48. The van der Waals surface area contributed by atoms with Gasteiger partial charge in [-0.1, -0.05) is 20.8 Å². The second kappa shape index (κ2) is 5.79. The Morgan fingerprint density at radius 3 is 2.53 bits per heavy atom. The minimum Gasteiger partial charge on any atom is -0.396 e. The molecule has 0 bridgehead atoms. The number of aromatic nitrogens is 2. The molecule has 0 aliphatic rings. The number of hydrogen-bond donors (Lipinski definition) is 4. The van der Waals surface area contributed by atoms with Gasteiger partial charge in [-0.05, 0) is 11.8 Å². The van der Waals surface area contributed by atoms with Gasteiger partial charge in [0.15, 0.2) is 0 Å². The number of anilines is 2. The topological polar surface area (TPSA) is 96.1 Å². The fourth-order valence-electron chi connectivity index (χ4n) is 1.54. The van der Waals surface area contributed by atoms with E-state index in [1.54, 1.807) is 6.07 Å². The van der Waals surface area contributed by atoms with E-state index in [0.717, 1.165) is 0 Å². The first-order valence-corrected chi connectivity index (χ1v) is 5.63. The number of hydrazine groups is 1. The van der Waals surface area contributed by atoms with E-state index >= 15 is 0 Å². The first-order chi connectivity index (χ1) is 7.97. The molecule has 0 aliphatic heterocycles. The van der Waals surface area contributed by atoms with Crippen molar-refractivity contribution in [3.63, 3.8) is 0 Å². The summed E-state index contributed by atoms with van der Waals surface area (Å²) in [4.78, 5) is 8.06. The summed E-state index contributed by atoms with van der Waals surface area (Å²) in [5.41, 5.74) is 2.50. The van der Waals surface area contributed by atoms with Gasteiger partial charge in [0.1, 0.15) is 18.0 Å². The second-order valence-corrected chi connectivity index (χ2v) is 5.01. The molecule has 0 fully saturated rings. The minimum absolute atomic E-state index is 0.0317. The molecular weight excluding hydrogens is 218 g/mol. The summed E-state index contributed by atoms with van der Waals surface area (Å²) >= 11 is 0. The van der Waals surface area contributed by atoms with Crippen molar-refractivity contribution in [2.24, 2.45) is 11.3 Å². The van der Waals surface area contributed by atoms with Crippen molar-refractivity contribution in [3.8, 4) is 0 Å². The van der Waals surface area contributed by atoms with Crippen LogP contribution >= 0.6 is 0 Å². The Labute approximate surface area is 102 Å². The molecule has 0 saturated carbocycles. The Morgan fingerprint density at radius 1 is 1.35 bits per heavy atom. The molecule has 1 aromatic heterocycles. The van der Waals surface area contributed by atoms with Gasteiger partial charge in [-0.3, -0.25) is 0 Å². The van der Waals surface area contributed by atoms with Crippen LogP contribution in [0.25, 0.3) is 0 Å². The van der Waals surface area contributed by atoms with Crippen LogP contribution in [-0.4, -0.2) is 27.7 Å². The molecule has 0 amide bonds. The maximum atomic E-state index is 9.07. The highest BCUT2D eigenvalue weighted by molar-refractivity contribution is 5.46. The molecule has 1 heterocycles. The number of aliphatic hydroxyl groups excluding tert-OH is 1. The zero-order chi connectivity index (χ0) is 12.9. The lowest BCUT2D eigenvalue weighted by molar-refractivity contribution is 0.235. The van der Waals surface area contributed by atoms with Gasteiger partial charge >= 0.3 is 0 Å². The number of nitrogens with zero attached hydrogens (tertiary/aromatic N) is 2. The van der Waals surface area contributed by atoms with E-state index in [-0.39, 0.29) is 18.1 Å². The molecule has 0 aromatic carbocycles. The van der Waals surface area contributed by atoms with E-state index in [1.165, 1.54) is 6.33 Å².